The summed E-state index contributed by atoms with van der Waals surface area (Å²) in [6.45, 7) is 2.48. The lowest BCUT2D eigenvalue weighted by Gasteiger charge is -2.20. The summed E-state index contributed by atoms with van der Waals surface area (Å²) in [4.78, 5) is 8.36. The number of carboxylic acid groups (broad SMARTS) is 1. The molecule has 64 valence electrons. The molecule has 0 radical (unpaired) electrons. The summed E-state index contributed by atoms with van der Waals surface area (Å²) in [5, 5.41) is 15.8. The molecule has 11 heavy (non-hydrogen) atoms. The first-order chi connectivity index (χ1) is 5.22. The average molecular weight is 160 g/mol. The topological polar surface area (TPSA) is 66.8 Å². The summed E-state index contributed by atoms with van der Waals surface area (Å²) in [5.74, 6) is 0.337. The molecule has 5 heteroatoms. The summed E-state index contributed by atoms with van der Waals surface area (Å²) >= 11 is 0. The van der Waals surface area contributed by atoms with Crippen molar-refractivity contribution in [3.63, 3.8) is 0 Å². The van der Waals surface area contributed by atoms with Crippen molar-refractivity contribution in [3.8, 4) is 0 Å². The van der Waals surface area contributed by atoms with Crippen molar-refractivity contribution >= 4 is 13.6 Å². The smallest absolute Gasteiger partial charge is 0.457 e. The van der Waals surface area contributed by atoms with Gasteiger partial charge in [-0.25, -0.2) is 0 Å². The second-order valence-electron chi connectivity index (χ2n) is 2.49. The van der Waals surface area contributed by atoms with Crippen molar-refractivity contribution < 1.29 is 19.6 Å². The Bertz CT molecular complexity index is 98.8. The normalized spacial score (nSPS) is 23.5. The van der Waals surface area contributed by atoms with Crippen LogP contribution in [0.2, 0.25) is 5.82 Å². The Balaban J connectivity index is 0.000000292. The lowest BCUT2D eigenvalue weighted by atomic mass is 9.69. The van der Waals surface area contributed by atoms with Crippen LogP contribution >= 0.6 is 0 Å². The van der Waals surface area contributed by atoms with Crippen molar-refractivity contribution in [2.24, 2.45) is 0 Å². The van der Waals surface area contributed by atoms with Gasteiger partial charge in [-0.1, -0.05) is 13.3 Å². The Labute approximate surface area is 66.3 Å². The molecule has 1 fully saturated rings. The summed E-state index contributed by atoms with van der Waals surface area (Å²) in [6, 6.07) is 0. The molecule has 0 aliphatic carbocycles. The van der Waals surface area contributed by atoms with E-state index >= 15 is 0 Å². The number of carbonyl (C=O) groups is 1. The zero-order valence-electron chi connectivity index (χ0n) is 6.56. The van der Waals surface area contributed by atoms with E-state index in [2.05, 4.69) is 0 Å². The fourth-order valence-electron chi connectivity index (χ4n) is 0.916. The van der Waals surface area contributed by atoms with E-state index in [0.29, 0.717) is 5.82 Å². The molecule has 1 unspecified atom stereocenters. The van der Waals surface area contributed by atoms with E-state index in [1.165, 1.54) is 0 Å². The Morgan fingerprint density at radius 1 is 1.73 bits per heavy atom. The van der Waals surface area contributed by atoms with Gasteiger partial charge in [0.1, 0.15) is 0 Å². The fraction of sp³-hybridized carbons (Fsp3) is 0.833. The van der Waals surface area contributed by atoms with Crippen LogP contribution in [0.1, 0.15) is 19.8 Å². The molecular formula is C6H13BO4. The number of hydrogen-bond donors (Lipinski definition) is 2. The van der Waals surface area contributed by atoms with Crippen LogP contribution in [0, 0.1) is 0 Å². The molecule has 4 nitrogen and oxygen atoms in total. The van der Waals surface area contributed by atoms with Crippen molar-refractivity contribution in [3.05, 3.63) is 0 Å². The van der Waals surface area contributed by atoms with Crippen LogP contribution in [-0.4, -0.2) is 30.3 Å². The lowest BCUT2D eigenvalue weighted by Crippen LogP contribution is -2.28. The van der Waals surface area contributed by atoms with Crippen LogP contribution in [0.3, 0.4) is 0 Å². The molecule has 0 aromatic rings. The largest absolute Gasteiger partial charge is 0.483 e. The van der Waals surface area contributed by atoms with Gasteiger partial charge in [0.05, 0.1) is 0 Å². The Kier molecular flexibility index (Phi) is 5.88. The molecule has 0 saturated carbocycles. The highest BCUT2D eigenvalue weighted by Crippen LogP contribution is 2.20. The highest BCUT2D eigenvalue weighted by Gasteiger charge is 2.25. The first-order valence-corrected chi connectivity index (χ1v) is 3.60. The zero-order chi connectivity index (χ0) is 8.69. The third-order valence-electron chi connectivity index (χ3n) is 1.58. The van der Waals surface area contributed by atoms with Crippen molar-refractivity contribution in [2.45, 2.75) is 25.6 Å². The maximum atomic E-state index is 8.96. The Morgan fingerprint density at radius 3 is 2.55 bits per heavy atom. The SMILES string of the molecule is CC1CCCOB1O.O=CO. The molecule has 1 aliphatic rings. The maximum absolute atomic E-state index is 8.96. The standard InChI is InChI=1S/C5H11BO2.CH2O2/c1-5-3-2-4-8-6(5)7;2-1-3/h5,7H,2-4H2,1H3;1H,(H,2,3). The molecule has 0 spiro atoms. The molecule has 1 atom stereocenters. The molecule has 1 rings (SSSR count). The number of hydrogen-bond acceptors (Lipinski definition) is 3. The third-order valence-corrected chi connectivity index (χ3v) is 1.58. The van der Waals surface area contributed by atoms with Crippen LogP contribution in [0.15, 0.2) is 0 Å². The van der Waals surface area contributed by atoms with Crippen molar-refractivity contribution in [1.82, 2.24) is 0 Å². The molecule has 0 amide bonds. The Morgan fingerprint density at radius 2 is 2.27 bits per heavy atom. The monoisotopic (exact) mass is 160 g/mol. The maximum Gasteiger partial charge on any atom is 0.457 e. The van der Waals surface area contributed by atoms with Gasteiger partial charge in [0.2, 0.25) is 0 Å². The van der Waals surface area contributed by atoms with E-state index < -0.39 is 7.12 Å². The summed E-state index contributed by atoms with van der Waals surface area (Å²) in [6.07, 6.45) is 2.19. The second-order valence-corrected chi connectivity index (χ2v) is 2.49. The van der Waals surface area contributed by atoms with Gasteiger partial charge in [0.25, 0.3) is 6.47 Å². The van der Waals surface area contributed by atoms with Gasteiger partial charge >= 0.3 is 7.12 Å². The van der Waals surface area contributed by atoms with Gasteiger partial charge in [0, 0.05) is 6.61 Å². The van der Waals surface area contributed by atoms with Crippen molar-refractivity contribution in [2.75, 3.05) is 6.61 Å². The van der Waals surface area contributed by atoms with Gasteiger partial charge < -0.3 is 14.8 Å². The van der Waals surface area contributed by atoms with Crippen LogP contribution < -0.4 is 0 Å². The van der Waals surface area contributed by atoms with Crippen LogP contribution in [0.4, 0.5) is 0 Å². The average Bonchev–Trinajstić information content (AvgIpc) is 1.97. The van der Waals surface area contributed by atoms with Gasteiger partial charge in [-0.05, 0) is 12.2 Å². The molecule has 1 aliphatic heterocycles. The lowest BCUT2D eigenvalue weighted by molar-refractivity contribution is -0.122. The Hall–Kier alpha value is -0.545. The molecule has 0 aromatic heterocycles. The minimum absolute atomic E-state index is 0.250. The van der Waals surface area contributed by atoms with Gasteiger partial charge in [0.15, 0.2) is 0 Å². The third kappa shape index (κ3) is 4.81. The molecular weight excluding hydrogens is 147 g/mol. The first-order valence-electron chi connectivity index (χ1n) is 3.60. The molecule has 0 bridgehead atoms. The van der Waals surface area contributed by atoms with E-state index in [4.69, 9.17) is 19.6 Å². The van der Waals surface area contributed by atoms with Gasteiger partial charge in [-0.2, -0.15) is 0 Å². The van der Waals surface area contributed by atoms with E-state index in [-0.39, 0.29) is 6.47 Å². The zero-order valence-corrected chi connectivity index (χ0v) is 6.56. The van der Waals surface area contributed by atoms with E-state index in [0.717, 1.165) is 19.4 Å². The second kappa shape index (κ2) is 6.18. The predicted molar refractivity (Wildman–Crippen MR) is 41.3 cm³/mol. The minimum atomic E-state index is -0.497. The molecule has 0 aromatic carbocycles. The van der Waals surface area contributed by atoms with Gasteiger partial charge in [-0.15, -0.1) is 0 Å². The molecule has 1 heterocycles. The highest BCUT2D eigenvalue weighted by atomic mass is 16.5. The minimum Gasteiger partial charge on any atom is -0.483 e. The molecule has 1 saturated heterocycles. The van der Waals surface area contributed by atoms with Crippen LogP contribution in [0.25, 0.3) is 0 Å². The fourth-order valence-corrected chi connectivity index (χ4v) is 0.916. The summed E-state index contributed by atoms with van der Waals surface area (Å²) in [5.41, 5.74) is 0. The first kappa shape index (κ1) is 10.5. The van der Waals surface area contributed by atoms with Crippen LogP contribution in [-0.2, 0) is 9.45 Å². The van der Waals surface area contributed by atoms with E-state index in [1.807, 2.05) is 6.92 Å². The summed E-state index contributed by atoms with van der Waals surface area (Å²) < 4.78 is 4.95. The van der Waals surface area contributed by atoms with Gasteiger partial charge in [-0.3, -0.25) is 4.79 Å². The van der Waals surface area contributed by atoms with E-state index in [9.17, 15) is 0 Å². The van der Waals surface area contributed by atoms with Crippen molar-refractivity contribution in [1.29, 1.82) is 0 Å². The van der Waals surface area contributed by atoms with E-state index in [1.54, 1.807) is 0 Å². The molecule has 2 N–H and O–H groups in total. The summed E-state index contributed by atoms with van der Waals surface area (Å²) in [7, 11) is -0.497. The highest BCUT2D eigenvalue weighted by molar-refractivity contribution is 6.44. The number of rotatable bonds is 0. The quantitative estimate of drug-likeness (QED) is 0.396. The predicted octanol–water partition coefficient (Wildman–Crippen LogP) is 0.368. The van der Waals surface area contributed by atoms with Crippen LogP contribution in [0.5, 0.6) is 0 Å².